The summed E-state index contributed by atoms with van der Waals surface area (Å²) in [7, 11) is 0. The van der Waals surface area contributed by atoms with E-state index in [1.54, 1.807) is 23.1 Å². The number of carbonyl (C=O) groups is 1. The zero-order valence-corrected chi connectivity index (χ0v) is 12.0. The molecule has 1 aliphatic rings. The lowest BCUT2D eigenvalue weighted by Crippen LogP contribution is -2.25. The Morgan fingerprint density at radius 3 is 3.16 bits per heavy atom. The number of nitrogens with zero attached hydrogens (tertiary/aromatic N) is 1. The molecule has 1 amide bonds. The first kappa shape index (κ1) is 12.7. The summed E-state index contributed by atoms with van der Waals surface area (Å²) >= 11 is 3.26. The average molecular weight is 293 g/mol. The number of carbonyl (C=O) groups excluding carboxylic acids is 1. The SMILES string of the molecule is Nc1ccc2nc(SCCC(=O)NC3CC3)sc2c1. The Morgan fingerprint density at radius 1 is 1.53 bits per heavy atom. The van der Waals surface area contributed by atoms with Gasteiger partial charge in [-0.2, -0.15) is 0 Å². The summed E-state index contributed by atoms with van der Waals surface area (Å²) in [6.07, 6.45) is 2.83. The van der Waals surface area contributed by atoms with E-state index < -0.39 is 0 Å². The Kier molecular flexibility index (Phi) is 3.61. The minimum atomic E-state index is 0.153. The predicted octanol–water partition coefficient (Wildman–Crippen LogP) is 2.64. The van der Waals surface area contributed by atoms with Crippen molar-refractivity contribution in [1.29, 1.82) is 0 Å². The van der Waals surface area contributed by atoms with Crippen LogP contribution in [0.3, 0.4) is 0 Å². The van der Waals surface area contributed by atoms with Crippen LogP contribution in [0.2, 0.25) is 0 Å². The molecule has 6 heteroatoms. The lowest BCUT2D eigenvalue weighted by Gasteiger charge is -2.01. The number of thioether (sulfide) groups is 1. The van der Waals surface area contributed by atoms with Crippen LogP contribution in [0.4, 0.5) is 5.69 Å². The molecule has 4 nitrogen and oxygen atoms in total. The van der Waals surface area contributed by atoms with E-state index in [9.17, 15) is 4.79 Å². The average Bonchev–Trinajstić information content (AvgIpc) is 3.07. The van der Waals surface area contributed by atoms with Crippen LogP contribution in [0.15, 0.2) is 22.5 Å². The molecular weight excluding hydrogens is 278 g/mol. The number of thiazole rings is 1. The number of aromatic nitrogens is 1. The van der Waals surface area contributed by atoms with Crippen LogP contribution in [-0.4, -0.2) is 22.7 Å². The van der Waals surface area contributed by atoms with E-state index in [1.165, 1.54) is 0 Å². The Morgan fingerprint density at radius 2 is 2.37 bits per heavy atom. The van der Waals surface area contributed by atoms with Gasteiger partial charge in [0.1, 0.15) is 0 Å². The summed E-state index contributed by atoms with van der Waals surface area (Å²) in [6.45, 7) is 0. The Bertz CT molecular complexity index is 607. The van der Waals surface area contributed by atoms with Crippen molar-refractivity contribution >= 4 is 44.9 Å². The number of nitrogens with one attached hydrogen (secondary N) is 1. The highest BCUT2D eigenvalue weighted by Crippen LogP contribution is 2.31. The van der Waals surface area contributed by atoms with Gasteiger partial charge in [0, 0.05) is 23.9 Å². The fraction of sp³-hybridized carbons (Fsp3) is 0.385. The third-order valence-electron chi connectivity index (χ3n) is 2.89. The Hall–Kier alpha value is -1.27. The maximum atomic E-state index is 11.5. The van der Waals surface area contributed by atoms with Gasteiger partial charge in [-0.25, -0.2) is 4.98 Å². The normalized spacial score (nSPS) is 14.7. The van der Waals surface area contributed by atoms with Crippen LogP contribution < -0.4 is 11.1 Å². The summed E-state index contributed by atoms with van der Waals surface area (Å²) in [5.74, 6) is 0.925. The molecule has 1 saturated carbocycles. The predicted molar refractivity (Wildman–Crippen MR) is 80.5 cm³/mol. The van der Waals surface area contributed by atoms with E-state index in [2.05, 4.69) is 10.3 Å². The van der Waals surface area contributed by atoms with E-state index in [0.29, 0.717) is 12.5 Å². The molecule has 0 bridgehead atoms. The van der Waals surface area contributed by atoms with Gasteiger partial charge < -0.3 is 11.1 Å². The quantitative estimate of drug-likeness (QED) is 0.657. The smallest absolute Gasteiger partial charge is 0.221 e. The van der Waals surface area contributed by atoms with Gasteiger partial charge in [-0.05, 0) is 31.0 Å². The highest BCUT2D eigenvalue weighted by molar-refractivity contribution is 8.01. The number of hydrogen-bond donors (Lipinski definition) is 2. The first-order valence-corrected chi connectivity index (χ1v) is 8.09. The second-order valence-corrected chi connectivity index (χ2v) is 7.02. The monoisotopic (exact) mass is 293 g/mol. The van der Waals surface area contributed by atoms with E-state index in [-0.39, 0.29) is 5.91 Å². The van der Waals surface area contributed by atoms with Crippen LogP contribution >= 0.6 is 23.1 Å². The molecule has 1 heterocycles. The molecule has 1 fully saturated rings. The van der Waals surface area contributed by atoms with Gasteiger partial charge in [0.2, 0.25) is 5.91 Å². The molecule has 0 unspecified atom stereocenters. The largest absolute Gasteiger partial charge is 0.399 e. The molecule has 0 aliphatic heterocycles. The summed E-state index contributed by atoms with van der Waals surface area (Å²) in [5.41, 5.74) is 7.48. The van der Waals surface area contributed by atoms with Gasteiger partial charge in [-0.1, -0.05) is 11.8 Å². The molecule has 0 spiro atoms. The second-order valence-electron chi connectivity index (χ2n) is 4.65. The molecule has 0 saturated heterocycles. The number of hydrogen-bond acceptors (Lipinski definition) is 5. The minimum Gasteiger partial charge on any atom is -0.399 e. The zero-order valence-electron chi connectivity index (χ0n) is 10.4. The van der Waals surface area contributed by atoms with Gasteiger partial charge in [0.25, 0.3) is 0 Å². The van der Waals surface area contributed by atoms with Gasteiger partial charge in [-0.15, -0.1) is 11.3 Å². The van der Waals surface area contributed by atoms with E-state index >= 15 is 0 Å². The zero-order chi connectivity index (χ0) is 13.2. The third-order valence-corrected chi connectivity index (χ3v) is 5.05. The Labute approximate surface area is 119 Å². The summed E-state index contributed by atoms with van der Waals surface area (Å²) < 4.78 is 2.10. The van der Waals surface area contributed by atoms with Crippen molar-refractivity contribution in [1.82, 2.24) is 10.3 Å². The van der Waals surface area contributed by atoms with E-state index in [1.807, 2.05) is 18.2 Å². The van der Waals surface area contributed by atoms with Crippen LogP contribution in [-0.2, 0) is 4.79 Å². The lowest BCUT2D eigenvalue weighted by atomic mass is 10.3. The fourth-order valence-corrected chi connectivity index (χ4v) is 3.87. The third kappa shape index (κ3) is 3.39. The van der Waals surface area contributed by atoms with Gasteiger partial charge in [0.05, 0.1) is 10.2 Å². The maximum Gasteiger partial charge on any atom is 0.221 e. The van der Waals surface area contributed by atoms with Crippen molar-refractivity contribution in [2.45, 2.75) is 29.6 Å². The van der Waals surface area contributed by atoms with Gasteiger partial charge in [-0.3, -0.25) is 4.79 Å². The van der Waals surface area contributed by atoms with Crippen LogP contribution in [0.1, 0.15) is 19.3 Å². The standard InChI is InChI=1S/C13H15N3OS2/c14-8-1-4-10-11(7-8)19-13(16-10)18-6-5-12(17)15-9-2-3-9/h1,4,7,9H,2-3,5-6,14H2,(H,15,17). The molecule has 100 valence electrons. The molecule has 1 aromatic carbocycles. The number of nitrogen functional groups attached to an aromatic ring is 1. The van der Waals surface area contributed by atoms with Crippen molar-refractivity contribution in [3.8, 4) is 0 Å². The number of fused-ring (bicyclic) bond motifs is 1. The van der Waals surface area contributed by atoms with Crippen molar-refractivity contribution in [2.75, 3.05) is 11.5 Å². The number of rotatable bonds is 5. The number of nitrogens with two attached hydrogens (primary N) is 1. The fourth-order valence-electron chi connectivity index (χ4n) is 1.74. The van der Waals surface area contributed by atoms with E-state index in [4.69, 9.17) is 5.73 Å². The van der Waals surface area contributed by atoms with Crippen molar-refractivity contribution in [3.05, 3.63) is 18.2 Å². The minimum absolute atomic E-state index is 0.153. The molecule has 0 atom stereocenters. The summed E-state index contributed by atoms with van der Waals surface area (Å²) in [4.78, 5) is 16.1. The highest BCUT2D eigenvalue weighted by Gasteiger charge is 2.22. The first-order valence-electron chi connectivity index (χ1n) is 6.29. The van der Waals surface area contributed by atoms with Crippen molar-refractivity contribution in [3.63, 3.8) is 0 Å². The Balaban J connectivity index is 1.54. The highest BCUT2D eigenvalue weighted by atomic mass is 32.2. The number of benzene rings is 1. The van der Waals surface area contributed by atoms with Crippen LogP contribution in [0.5, 0.6) is 0 Å². The first-order chi connectivity index (χ1) is 9.20. The summed E-state index contributed by atoms with van der Waals surface area (Å²) in [5, 5.41) is 2.99. The molecule has 2 aromatic rings. The second kappa shape index (κ2) is 5.38. The van der Waals surface area contributed by atoms with Crippen LogP contribution in [0, 0.1) is 0 Å². The molecule has 3 N–H and O–H groups in total. The lowest BCUT2D eigenvalue weighted by molar-refractivity contribution is -0.120. The molecular formula is C13H15N3OS2. The van der Waals surface area contributed by atoms with Crippen LogP contribution in [0.25, 0.3) is 10.2 Å². The molecule has 1 aliphatic carbocycles. The molecule has 3 rings (SSSR count). The topological polar surface area (TPSA) is 68.0 Å². The number of amides is 1. The van der Waals surface area contributed by atoms with Gasteiger partial charge >= 0.3 is 0 Å². The molecule has 19 heavy (non-hydrogen) atoms. The van der Waals surface area contributed by atoms with Crippen molar-refractivity contribution in [2.24, 2.45) is 0 Å². The van der Waals surface area contributed by atoms with E-state index in [0.717, 1.165) is 38.8 Å². The maximum absolute atomic E-state index is 11.5. The summed E-state index contributed by atoms with van der Waals surface area (Å²) in [6, 6.07) is 6.18. The van der Waals surface area contributed by atoms with Crippen molar-refractivity contribution < 1.29 is 4.79 Å². The molecule has 1 aromatic heterocycles. The molecule has 0 radical (unpaired) electrons. The number of anilines is 1. The van der Waals surface area contributed by atoms with Gasteiger partial charge in [0.15, 0.2) is 4.34 Å².